The molecule has 2 spiro atoms. The molecule has 278 valence electrons. The van der Waals surface area contributed by atoms with Gasteiger partial charge in [-0.1, -0.05) is 60.3 Å². The van der Waals surface area contributed by atoms with E-state index in [2.05, 4.69) is 34.6 Å². The molecule has 9 heteroatoms. The lowest BCUT2D eigenvalue weighted by Gasteiger charge is -2.67. The fourth-order valence-corrected chi connectivity index (χ4v) is 16.4. The van der Waals surface area contributed by atoms with E-state index in [0.717, 1.165) is 19.3 Å². The van der Waals surface area contributed by atoms with Crippen LogP contribution < -0.4 is 0 Å². The summed E-state index contributed by atoms with van der Waals surface area (Å²) in [6, 6.07) is 0. The SMILES string of the molecule is CC1CCC[C@@]2(C)C1CC1OC(=O)CC3[C@@H](C)C[C@]4(O)OC[C@]13C24.COC(=O)[C@]12CCC3[C@@]4(C)CCCC(C)C4CC4OC(=O)CC1[C@]43CO2. The van der Waals surface area contributed by atoms with Crippen LogP contribution in [0.25, 0.3) is 0 Å². The molecule has 4 saturated heterocycles. The maximum absolute atomic E-state index is 12.7. The van der Waals surface area contributed by atoms with Crippen molar-refractivity contribution in [3.05, 3.63) is 0 Å². The normalized spacial score (nSPS) is 58.1. The summed E-state index contributed by atoms with van der Waals surface area (Å²) in [7, 11) is 1.43. The van der Waals surface area contributed by atoms with Crippen LogP contribution >= 0.6 is 0 Å². The summed E-state index contributed by atoms with van der Waals surface area (Å²) in [5, 5.41) is 11.5. The number of fused-ring (bicyclic) bond motifs is 3. The van der Waals surface area contributed by atoms with Crippen LogP contribution in [0, 0.1) is 74.9 Å². The minimum atomic E-state index is -1.03. The predicted molar refractivity (Wildman–Crippen MR) is 181 cm³/mol. The molecular weight excluding hydrogens is 636 g/mol. The molecule has 0 radical (unpaired) electrons. The van der Waals surface area contributed by atoms with E-state index in [0.29, 0.717) is 80.3 Å². The molecule has 10 rings (SSSR count). The predicted octanol–water partition coefficient (Wildman–Crippen LogP) is 6.23. The molecule has 4 aliphatic heterocycles. The van der Waals surface area contributed by atoms with E-state index in [4.69, 9.17) is 23.7 Å². The molecular formula is C41H60O9. The Labute approximate surface area is 297 Å². The fraction of sp³-hybridized carbons (Fsp3) is 0.927. The molecule has 0 amide bonds. The van der Waals surface area contributed by atoms with E-state index in [1.165, 1.54) is 45.6 Å². The molecule has 10 unspecified atom stereocenters. The molecule has 4 bridgehead atoms. The van der Waals surface area contributed by atoms with Crippen LogP contribution in [0.4, 0.5) is 0 Å². The number of aliphatic hydroxyl groups is 1. The van der Waals surface area contributed by atoms with E-state index < -0.39 is 11.4 Å². The standard InChI is InChI=1S/C21H30O5.C20H30O4/c1-12-5-4-7-19(2)13(12)9-16-20-11-25-21(18(23)24-3,8-6-14(19)20)15(20)10-17(22)26-16;1-11-5-4-6-18(3)13(11)7-15-19-10-23-20(22,17(18)19)9-12(2)14(19)8-16(21)24-15/h12-16H,4-11H2,1-3H3;11-15,17,22H,4-10H2,1-3H3/t12?,13?,14?,15?,16?,19-,20+,21-;11?,12-,13?,14?,15?,17?,18-,19+,20-/m00/s1. The molecule has 0 aromatic rings. The van der Waals surface area contributed by atoms with Crippen molar-refractivity contribution in [2.24, 2.45) is 74.9 Å². The Morgan fingerprint density at radius 2 is 1.34 bits per heavy atom. The number of hydrogen-bond donors (Lipinski definition) is 1. The smallest absolute Gasteiger partial charge is 0.338 e. The van der Waals surface area contributed by atoms with Crippen LogP contribution in [-0.2, 0) is 38.1 Å². The summed E-state index contributed by atoms with van der Waals surface area (Å²) in [4.78, 5) is 37.5. The fourth-order valence-electron chi connectivity index (χ4n) is 16.4. The molecule has 6 saturated carbocycles. The largest absolute Gasteiger partial charge is 0.467 e. The third-order valence-electron chi connectivity index (χ3n) is 18.0. The van der Waals surface area contributed by atoms with Gasteiger partial charge in [0.05, 0.1) is 26.7 Å². The van der Waals surface area contributed by atoms with Crippen LogP contribution in [0.5, 0.6) is 0 Å². The van der Waals surface area contributed by atoms with Gasteiger partial charge < -0.3 is 28.8 Å². The van der Waals surface area contributed by atoms with Crippen molar-refractivity contribution in [1.82, 2.24) is 0 Å². The molecule has 10 fully saturated rings. The van der Waals surface area contributed by atoms with Crippen molar-refractivity contribution in [3.8, 4) is 0 Å². The zero-order valence-electron chi connectivity index (χ0n) is 31.2. The lowest BCUT2D eigenvalue weighted by molar-refractivity contribution is -0.295. The third kappa shape index (κ3) is 4.04. The zero-order chi connectivity index (χ0) is 35.2. The lowest BCUT2D eigenvalue weighted by atomic mass is 9.38. The molecule has 6 aliphatic carbocycles. The maximum atomic E-state index is 12.7. The summed E-state index contributed by atoms with van der Waals surface area (Å²) in [6.45, 7) is 12.9. The molecule has 9 nitrogen and oxygen atoms in total. The molecule has 0 aromatic heterocycles. The van der Waals surface area contributed by atoms with Gasteiger partial charge in [0.2, 0.25) is 0 Å². The van der Waals surface area contributed by atoms with Crippen molar-refractivity contribution >= 4 is 17.9 Å². The van der Waals surface area contributed by atoms with Gasteiger partial charge >= 0.3 is 17.9 Å². The number of hydrogen-bond acceptors (Lipinski definition) is 9. The van der Waals surface area contributed by atoms with Crippen LogP contribution in [0.2, 0.25) is 0 Å². The summed E-state index contributed by atoms with van der Waals surface area (Å²) < 4.78 is 29.5. The first-order valence-corrected chi connectivity index (χ1v) is 20.2. The van der Waals surface area contributed by atoms with Gasteiger partial charge in [0, 0.05) is 35.5 Å². The molecule has 4 heterocycles. The van der Waals surface area contributed by atoms with E-state index >= 15 is 0 Å². The summed E-state index contributed by atoms with van der Waals surface area (Å²) >= 11 is 0. The van der Waals surface area contributed by atoms with Crippen molar-refractivity contribution < 1.29 is 43.2 Å². The lowest BCUT2D eigenvalue weighted by Crippen LogP contribution is -2.70. The minimum Gasteiger partial charge on any atom is -0.467 e. The second kappa shape index (κ2) is 10.9. The molecule has 10 aliphatic rings. The van der Waals surface area contributed by atoms with E-state index in [1.807, 2.05) is 0 Å². The Balaban J connectivity index is 0.000000135. The summed E-state index contributed by atoms with van der Waals surface area (Å²) in [6.07, 6.45) is 12.3. The highest BCUT2D eigenvalue weighted by molar-refractivity contribution is 5.83. The van der Waals surface area contributed by atoms with Crippen LogP contribution in [0.1, 0.15) is 118 Å². The number of methoxy groups -OCH3 is 1. The Hall–Kier alpha value is -1.71. The molecule has 50 heavy (non-hydrogen) atoms. The zero-order valence-corrected chi connectivity index (χ0v) is 31.2. The minimum absolute atomic E-state index is 0.0365. The van der Waals surface area contributed by atoms with Crippen molar-refractivity contribution in [2.75, 3.05) is 20.3 Å². The molecule has 1 N–H and O–H groups in total. The van der Waals surface area contributed by atoms with Crippen molar-refractivity contribution in [2.45, 2.75) is 142 Å². The molecule has 0 aromatic carbocycles. The average molecular weight is 697 g/mol. The Bertz CT molecular complexity index is 1460. The van der Waals surface area contributed by atoms with Gasteiger partial charge in [0.15, 0.2) is 11.4 Å². The van der Waals surface area contributed by atoms with Crippen molar-refractivity contribution in [1.29, 1.82) is 0 Å². The van der Waals surface area contributed by atoms with Gasteiger partial charge in [0.25, 0.3) is 0 Å². The highest BCUT2D eigenvalue weighted by Crippen LogP contribution is 2.75. The van der Waals surface area contributed by atoms with Gasteiger partial charge in [-0.2, -0.15) is 0 Å². The van der Waals surface area contributed by atoms with Crippen molar-refractivity contribution in [3.63, 3.8) is 0 Å². The quantitative estimate of drug-likeness (QED) is 0.252. The summed E-state index contributed by atoms with van der Waals surface area (Å²) in [5.41, 5.74) is -0.953. The molecule has 17 atom stereocenters. The van der Waals surface area contributed by atoms with Crippen LogP contribution in [-0.4, -0.2) is 66.9 Å². The van der Waals surface area contributed by atoms with E-state index in [-0.39, 0.29) is 63.6 Å². The highest BCUT2D eigenvalue weighted by Gasteiger charge is 2.79. The number of carbonyl (C=O) groups is 3. The first kappa shape index (κ1) is 34.1. The third-order valence-corrected chi connectivity index (χ3v) is 18.0. The summed E-state index contributed by atoms with van der Waals surface area (Å²) in [5.74, 6) is 1.96. The topological polar surface area (TPSA) is 118 Å². The highest BCUT2D eigenvalue weighted by atomic mass is 16.6. The Morgan fingerprint density at radius 1 is 0.740 bits per heavy atom. The first-order chi connectivity index (χ1) is 23.7. The van der Waals surface area contributed by atoms with Gasteiger partial charge in [0.1, 0.15) is 12.2 Å². The van der Waals surface area contributed by atoms with Crippen LogP contribution in [0.3, 0.4) is 0 Å². The Kier molecular flexibility index (Phi) is 7.45. The monoisotopic (exact) mass is 696 g/mol. The Morgan fingerprint density at radius 3 is 2.02 bits per heavy atom. The van der Waals surface area contributed by atoms with Crippen LogP contribution in [0.15, 0.2) is 0 Å². The van der Waals surface area contributed by atoms with E-state index in [9.17, 15) is 19.5 Å². The average Bonchev–Trinajstić information content (AvgIpc) is 3.44. The second-order valence-corrected chi connectivity index (χ2v) is 19.7. The number of esters is 3. The number of carbonyl (C=O) groups excluding carboxylic acids is 3. The number of rotatable bonds is 1. The van der Waals surface area contributed by atoms with Gasteiger partial charge in [-0.15, -0.1) is 0 Å². The second-order valence-electron chi connectivity index (χ2n) is 19.7. The number of ether oxygens (including phenoxy) is 5. The van der Waals surface area contributed by atoms with E-state index in [1.54, 1.807) is 0 Å². The maximum Gasteiger partial charge on any atom is 0.338 e. The van der Waals surface area contributed by atoms with Gasteiger partial charge in [-0.25, -0.2) is 4.79 Å². The first-order valence-electron chi connectivity index (χ1n) is 20.2. The van der Waals surface area contributed by atoms with Gasteiger partial charge in [-0.3, -0.25) is 9.59 Å². The van der Waals surface area contributed by atoms with Gasteiger partial charge in [-0.05, 0) is 90.8 Å².